The lowest BCUT2D eigenvalue weighted by Gasteiger charge is -2.34. The summed E-state index contributed by atoms with van der Waals surface area (Å²) in [6, 6.07) is 0.635. The van der Waals surface area contributed by atoms with Gasteiger partial charge in [-0.3, -0.25) is 4.79 Å². The summed E-state index contributed by atoms with van der Waals surface area (Å²) < 4.78 is 5.35. The third kappa shape index (κ3) is 4.94. The van der Waals surface area contributed by atoms with Gasteiger partial charge in [0.25, 0.3) is 0 Å². The van der Waals surface area contributed by atoms with Crippen LogP contribution >= 0.6 is 0 Å². The van der Waals surface area contributed by atoms with Gasteiger partial charge >= 0.3 is 0 Å². The molecule has 2 fully saturated rings. The average molecular weight is 297 g/mol. The maximum atomic E-state index is 12.4. The Morgan fingerprint density at radius 1 is 1.10 bits per heavy atom. The predicted octanol–water partition coefficient (Wildman–Crippen LogP) is 1.17. The number of nitrogens with two attached hydrogens (primary N) is 1. The molecule has 1 saturated heterocycles. The lowest BCUT2D eigenvalue weighted by Crippen LogP contribution is -2.50. The molecule has 1 aliphatic heterocycles. The molecule has 5 nitrogen and oxygen atoms in total. The van der Waals surface area contributed by atoms with Crippen molar-refractivity contribution in [3.8, 4) is 0 Å². The summed E-state index contributed by atoms with van der Waals surface area (Å²) >= 11 is 0. The Kier molecular flexibility index (Phi) is 6.93. The van der Waals surface area contributed by atoms with E-state index in [1.54, 1.807) is 0 Å². The van der Waals surface area contributed by atoms with Crippen LogP contribution in [-0.4, -0.2) is 44.8 Å². The number of ether oxygens (including phenoxy) is 1. The molecule has 1 heterocycles. The Balaban J connectivity index is 1.66. The van der Waals surface area contributed by atoms with Crippen LogP contribution < -0.4 is 16.4 Å². The van der Waals surface area contributed by atoms with Gasteiger partial charge in [-0.15, -0.1) is 0 Å². The van der Waals surface area contributed by atoms with Crippen molar-refractivity contribution in [2.24, 2.45) is 11.1 Å². The Morgan fingerprint density at radius 2 is 1.76 bits per heavy atom. The number of carbonyl (C=O) groups is 1. The molecule has 5 heteroatoms. The van der Waals surface area contributed by atoms with Crippen molar-refractivity contribution in [3.63, 3.8) is 0 Å². The van der Waals surface area contributed by atoms with Crippen molar-refractivity contribution in [1.29, 1.82) is 0 Å². The largest absolute Gasteiger partial charge is 0.381 e. The Hall–Kier alpha value is -0.650. The molecule has 0 aromatic heterocycles. The van der Waals surface area contributed by atoms with E-state index in [4.69, 9.17) is 10.5 Å². The lowest BCUT2D eigenvalue weighted by atomic mass is 9.79. The highest BCUT2D eigenvalue weighted by Gasteiger charge is 2.38. The molecule has 0 spiro atoms. The van der Waals surface area contributed by atoms with E-state index in [-0.39, 0.29) is 5.91 Å². The highest BCUT2D eigenvalue weighted by Crippen LogP contribution is 2.29. The van der Waals surface area contributed by atoms with Crippen LogP contribution in [0.3, 0.4) is 0 Å². The number of rotatable bonds is 6. The first kappa shape index (κ1) is 16.7. The zero-order chi connectivity index (χ0) is 15.0. The quantitative estimate of drug-likeness (QED) is 0.508. The SMILES string of the molecule is NCC1(C(=O)NCCNC2CCCCCC2)CCOCC1. The van der Waals surface area contributed by atoms with Crippen LogP contribution in [0, 0.1) is 5.41 Å². The molecule has 2 rings (SSSR count). The van der Waals surface area contributed by atoms with Gasteiger partial charge in [-0.2, -0.15) is 0 Å². The minimum Gasteiger partial charge on any atom is -0.381 e. The van der Waals surface area contributed by atoms with Crippen LogP contribution in [0.15, 0.2) is 0 Å². The second kappa shape index (κ2) is 8.71. The van der Waals surface area contributed by atoms with E-state index in [1.165, 1.54) is 38.5 Å². The second-order valence-electron chi connectivity index (χ2n) is 6.50. The van der Waals surface area contributed by atoms with Crippen LogP contribution in [0.25, 0.3) is 0 Å². The van der Waals surface area contributed by atoms with E-state index < -0.39 is 5.41 Å². The smallest absolute Gasteiger partial charge is 0.227 e. The zero-order valence-corrected chi connectivity index (χ0v) is 13.2. The minimum atomic E-state index is -0.402. The van der Waals surface area contributed by atoms with Gasteiger partial charge in [0.1, 0.15) is 0 Å². The van der Waals surface area contributed by atoms with Gasteiger partial charge in [-0.1, -0.05) is 25.7 Å². The molecule has 1 saturated carbocycles. The maximum Gasteiger partial charge on any atom is 0.227 e. The molecule has 1 amide bonds. The van der Waals surface area contributed by atoms with Crippen LogP contribution in [-0.2, 0) is 9.53 Å². The number of hydrogen-bond donors (Lipinski definition) is 3. The molecule has 122 valence electrons. The molecule has 4 N–H and O–H groups in total. The molecule has 0 aromatic carbocycles. The van der Waals surface area contributed by atoms with Crippen molar-refractivity contribution < 1.29 is 9.53 Å². The lowest BCUT2D eigenvalue weighted by molar-refractivity contribution is -0.135. The van der Waals surface area contributed by atoms with E-state index in [2.05, 4.69) is 10.6 Å². The monoisotopic (exact) mass is 297 g/mol. The fourth-order valence-electron chi connectivity index (χ4n) is 3.41. The highest BCUT2D eigenvalue weighted by molar-refractivity contribution is 5.83. The van der Waals surface area contributed by atoms with Gasteiger partial charge in [-0.25, -0.2) is 0 Å². The van der Waals surface area contributed by atoms with Crippen molar-refractivity contribution >= 4 is 5.91 Å². The van der Waals surface area contributed by atoms with Gasteiger partial charge in [0.05, 0.1) is 5.41 Å². The van der Waals surface area contributed by atoms with Gasteiger partial charge in [0.15, 0.2) is 0 Å². The number of carbonyl (C=O) groups excluding carboxylic acids is 1. The normalized spacial score (nSPS) is 23.5. The Labute approximate surface area is 128 Å². The first-order valence-corrected chi connectivity index (χ1v) is 8.56. The van der Waals surface area contributed by atoms with Crippen molar-refractivity contribution in [2.45, 2.75) is 57.4 Å². The molecule has 2 aliphatic rings. The minimum absolute atomic E-state index is 0.107. The van der Waals surface area contributed by atoms with Crippen LogP contribution in [0.5, 0.6) is 0 Å². The molecular weight excluding hydrogens is 266 g/mol. The molecule has 0 radical (unpaired) electrons. The van der Waals surface area contributed by atoms with Crippen molar-refractivity contribution in [3.05, 3.63) is 0 Å². The van der Waals surface area contributed by atoms with E-state index in [0.717, 1.165) is 19.4 Å². The maximum absolute atomic E-state index is 12.4. The van der Waals surface area contributed by atoms with Gasteiger partial charge in [-0.05, 0) is 25.7 Å². The predicted molar refractivity (Wildman–Crippen MR) is 84.0 cm³/mol. The average Bonchev–Trinajstić information content (AvgIpc) is 2.80. The molecule has 0 aromatic rings. The fourth-order valence-corrected chi connectivity index (χ4v) is 3.41. The molecular formula is C16H31N3O2. The molecule has 1 aliphatic carbocycles. The number of amides is 1. The Morgan fingerprint density at radius 3 is 2.38 bits per heavy atom. The summed E-state index contributed by atoms with van der Waals surface area (Å²) in [5.41, 5.74) is 5.44. The van der Waals surface area contributed by atoms with E-state index in [0.29, 0.717) is 32.3 Å². The fraction of sp³-hybridized carbons (Fsp3) is 0.938. The second-order valence-corrected chi connectivity index (χ2v) is 6.50. The Bertz CT molecular complexity index is 309. The van der Waals surface area contributed by atoms with E-state index in [1.807, 2.05) is 0 Å². The first-order chi connectivity index (χ1) is 10.3. The van der Waals surface area contributed by atoms with E-state index in [9.17, 15) is 4.79 Å². The molecule has 0 bridgehead atoms. The summed E-state index contributed by atoms with van der Waals surface area (Å²) in [5.74, 6) is 0.107. The molecule has 21 heavy (non-hydrogen) atoms. The standard InChI is InChI=1S/C16H31N3O2/c17-13-16(7-11-21-12-8-16)15(20)19-10-9-18-14-5-3-1-2-4-6-14/h14,18H,1-13,17H2,(H,19,20). The number of hydrogen-bond acceptors (Lipinski definition) is 4. The highest BCUT2D eigenvalue weighted by atomic mass is 16.5. The zero-order valence-electron chi connectivity index (χ0n) is 13.2. The summed E-state index contributed by atoms with van der Waals surface area (Å²) in [6.45, 7) is 3.25. The van der Waals surface area contributed by atoms with Gasteiger partial charge < -0.3 is 21.1 Å². The van der Waals surface area contributed by atoms with Gasteiger partial charge in [0, 0.05) is 38.9 Å². The summed E-state index contributed by atoms with van der Waals surface area (Å²) in [5, 5.41) is 6.64. The van der Waals surface area contributed by atoms with Crippen LogP contribution in [0.2, 0.25) is 0 Å². The summed E-state index contributed by atoms with van der Waals surface area (Å²) in [7, 11) is 0. The first-order valence-electron chi connectivity index (χ1n) is 8.56. The molecule has 0 atom stereocenters. The summed E-state index contributed by atoms with van der Waals surface area (Å²) in [4.78, 5) is 12.4. The van der Waals surface area contributed by atoms with Crippen molar-refractivity contribution in [2.75, 3.05) is 32.8 Å². The topological polar surface area (TPSA) is 76.4 Å². The third-order valence-electron chi connectivity index (χ3n) is 5.02. The molecule has 0 unspecified atom stereocenters. The van der Waals surface area contributed by atoms with E-state index >= 15 is 0 Å². The third-order valence-corrected chi connectivity index (χ3v) is 5.02. The van der Waals surface area contributed by atoms with Gasteiger partial charge in [0.2, 0.25) is 5.91 Å². The van der Waals surface area contributed by atoms with Crippen LogP contribution in [0.4, 0.5) is 0 Å². The summed E-state index contributed by atoms with van der Waals surface area (Å²) in [6.07, 6.45) is 9.44. The van der Waals surface area contributed by atoms with Crippen LogP contribution in [0.1, 0.15) is 51.4 Å². The van der Waals surface area contributed by atoms with Crippen molar-refractivity contribution in [1.82, 2.24) is 10.6 Å². The number of nitrogens with one attached hydrogen (secondary N) is 2.